The van der Waals surface area contributed by atoms with E-state index in [1.165, 1.54) is 29.1 Å². The van der Waals surface area contributed by atoms with Crippen molar-refractivity contribution in [1.82, 2.24) is 4.68 Å². The molecule has 0 fully saturated rings. The van der Waals surface area contributed by atoms with Gasteiger partial charge in [-0.25, -0.2) is 4.68 Å². The van der Waals surface area contributed by atoms with Crippen LogP contribution in [0.4, 0.5) is 5.69 Å². The Morgan fingerprint density at radius 2 is 2.00 bits per heavy atom. The highest BCUT2D eigenvalue weighted by Gasteiger charge is 2.11. The summed E-state index contributed by atoms with van der Waals surface area (Å²) in [6.45, 7) is 3.58. The van der Waals surface area contributed by atoms with Crippen LogP contribution in [0.3, 0.4) is 0 Å². The Bertz CT molecular complexity index is 797. The molecule has 21 heavy (non-hydrogen) atoms. The summed E-state index contributed by atoms with van der Waals surface area (Å²) in [7, 11) is 0. The molecular formula is C14H12ClN3O3. The summed E-state index contributed by atoms with van der Waals surface area (Å²) in [5.74, 6) is 0. The molecule has 0 unspecified atom stereocenters. The average Bonchev–Trinajstić information content (AvgIpc) is 2.38. The number of hydrogen-bond acceptors (Lipinski definition) is 4. The van der Waals surface area contributed by atoms with Crippen molar-refractivity contribution >= 4 is 23.5 Å². The Hall–Kier alpha value is -2.47. The van der Waals surface area contributed by atoms with E-state index < -0.39 is 4.92 Å². The lowest BCUT2D eigenvalue weighted by Crippen LogP contribution is -2.18. The van der Waals surface area contributed by atoms with Crippen LogP contribution in [0.25, 0.3) is 0 Å². The van der Waals surface area contributed by atoms with E-state index in [1.54, 1.807) is 13.0 Å². The molecule has 0 aliphatic heterocycles. The predicted molar refractivity (Wildman–Crippen MR) is 81.3 cm³/mol. The van der Waals surface area contributed by atoms with E-state index in [0.717, 1.165) is 5.56 Å². The van der Waals surface area contributed by atoms with E-state index in [0.29, 0.717) is 11.3 Å². The molecule has 1 heterocycles. The molecule has 1 aromatic heterocycles. The van der Waals surface area contributed by atoms with Gasteiger partial charge >= 0.3 is 0 Å². The number of nitrogens with zero attached hydrogens (tertiary/aromatic N) is 3. The van der Waals surface area contributed by atoms with Crippen molar-refractivity contribution < 1.29 is 4.92 Å². The molecule has 0 N–H and O–H groups in total. The quantitative estimate of drug-likeness (QED) is 0.497. The highest BCUT2D eigenvalue weighted by Crippen LogP contribution is 2.24. The van der Waals surface area contributed by atoms with Gasteiger partial charge in [0.25, 0.3) is 11.2 Å². The lowest BCUT2D eigenvalue weighted by atomic mass is 10.2. The third-order valence-corrected chi connectivity index (χ3v) is 3.14. The van der Waals surface area contributed by atoms with Gasteiger partial charge in [-0.15, -0.1) is 0 Å². The number of nitro groups is 1. The van der Waals surface area contributed by atoms with Crippen molar-refractivity contribution in [3.63, 3.8) is 0 Å². The van der Waals surface area contributed by atoms with Gasteiger partial charge in [-0.3, -0.25) is 14.9 Å². The predicted octanol–water partition coefficient (Wildman–Crippen LogP) is 2.91. The maximum atomic E-state index is 11.8. The first-order valence-electron chi connectivity index (χ1n) is 6.07. The van der Waals surface area contributed by atoms with Crippen molar-refractivity contribution in [2.75, 3.05) is 0 Å². The molecule has 0 saturated heterocycles. The topological polar surface area (TPSA) is 77.5 Å². The molecule has 108 valence electrons. The molecule has 0 aliphatic carbocycles. The fraction of sp³-hybridized carbons (Fsp3) is 0.143. The van der Waals surface area contributed by atoms with Crippen LogP contribution in [0.5, 0.6) is 0 Å². The second-order valence-corrected chi connectivity index (χ2v) is 4.94. The Balaban J connectivity index is 2.41. The van der Waals surface area contributed by atoms with Crippen LogP contribution in [0, 0.1) is 24.0 Å². The number of aromatic nitrogens is 1. The Kier molecular flexibility index (Phi) is 4.18. The molecule has 7 heteroatoms. The van der Waals surface area contributed by atoms with Gasteiger partial charge < -0.3 is 0 Å². The maximum Gasteiger partial charge on any atom is 0.288 e. The van der Waals surface area contributed by atoms with E-state index in [2.05, 4.69) is 5.10 Å². The van der Waals surface area contributed by atoms with Gasteiger partial charge in [0.1, 0.15) is 5.02 Å². The number of halogens is 1. The first-order valence-corrected chi connectivity index (χ1v) is 6.45. The normalized spacial score (nSPS) is 11.0. The minimum Gasteiger partial charge on any atom is -0.267 e. The lowest BCUT2D eigenvalue weighted by molar-refractivity contribution is -0.384. The molecule has 2 rings (SSSR count). The van der Waals surface area contributed by atoms with Gasteiger partial charge in [-0.1, -0.05) is 17.7 Å². The first kappa shape index (κ1) is 14.9. The van der Waals surface area contributed by atoms with Crippen molar-refractivity contribution in [2.45, 2.75) is 13.8 Å². The highest BCUT2D eigenvalue weighted by atomic mass is 35.5. The minimum atomic E-state index is -0.566. The summed E-state index contributed by atoms with van der Waals surface area (Å²) in [4.78, 5) is 22.1. The number of benzene rings is 1. The first-order chi connectivity index (χ1) is 9.88. The van der Waals surface area contributed by atoms with E-state index >= 15 is 0 Å². The van der Waals surface area contributed by atoms with Gasteiger partial charge in [-0.05, 0) is 31.5 Å². The summed E-state index contributed by atoms with van der Waals surface area (Å²) < 4.78 is 1.23. The molecule has 0 aliphatic rings. The monoisotopic (exact) mass is 305 g/mol. The third-order valence-electron chi connectivity index (χ3n) is 2.82. The number of aryl methyl sites for hydroxylation is 2. The molecule has 1 aromatic carbocycles. The van der Waals surface area contributed by atoms with Crippen molar-refractivity contribution in [2.24, 2.45) is 5.10 Å². The summed E-state index contributed by atoms with van der Waals surface area (Å²) in [5.41, 5.74) is 1.56. The van der Waals surface area contributed by atoms with Crippen LogP contribution < -0.4 is 5.56 Å². The lowest BCUT2D eigenvalue weighted by Gasteiger charge is -2.04. The molecular weight excluding hydrogens is 294 g/mol. The van der Waals surface area contributed by atoms with Crippen molar-refractivity contribution in [1.29, 1.82) is 0 Å². The van der Waals surface area contributed by atoms with Crippen LogP contribution in [0.2, 0.25) is 5.02 Å². The highest BCUT2D eigenvalue weighted by molar-refractivity contribution is 6.32. The Morgan fingerprint density at radius 3 is 2.62 bits per heavy atom. The number of rotatable bonds is 3. The Morgan fingerprint density at radius 1 is 1.29 bits per heavy atom. The SMILES string of the molecule is Cc1cc(C)n(N=Cc2ccc(Cl)c([N+](=O)[O-])c2)c(=O)c1. The fourth-order valence-electron chi connectivity index (χ4n) is 1.88. The zero-order valence-electron chi connectivity index (χ0n) is 11.4. The average molecular weight is 306 g/mol. The zero-order chi connectivity index (χ0) is 15.6. The van der Waals surface area contributed by atoms with E-state index in [1.807, 2.05) is 13.0 Å². The zero-order valence-corrected chi connectivity index (χ0v) is 12.2. The van der Waals surface area contributed by atoms with Crippen molar-refractivity contribution in [3.05, 3.63) is 72.6 Å². The third kappa shape index (κ3) is 3.35. The van der Waals surface area contributed by atoms with Crippen LogP contribution >= 0.6 is 11.6 Å². The summed E-state index contributed by atoms with van der Waals surface area (Å²) in [6.07, 6.45) is 1.38. The van der Waals surface area contributed by atoms with Crippen LogP contribution in [0.1, 0.15) is 16.8 Å². The van der Waals surface area contributed by atoms with Crippen LogP contribution in [0.15, 0.2) is 40.2 Å². The standard InChI is InChI=1S/C14H12ClN3O3/c1-9-5-10(2)17(14(19)6-9)16-8-11-3-4-12(15)13(7-11)18(20)21/h3-8H,1-2H3. The largest absolute Gasteiger partial charge is 0.288 e. The van der Waals surface area contributed by atoms with Crippen molar-refractivity contribution in [3.8, 4) is 0 Å². The van der Waals surface area contributed by atoms with E-state index in [9.17, 15) is 14.9 Å². The fourth-order valence-corrected chi connectivity index (χ4v) is 2.07. The minimum absolute atomic E-state index is 0.0563. The van der Waals surface area contributed by atoms with E-state index in [4.69, 9.17) is 11.6 Å². The van der Waals surface area contributed by atoms with Crippen LogP contribution in [-0.2, 0) is 0 Å². The van der Waals surface area contributed by atoms with Gasteiger partial charge in [0.05, 0.1) is 11.1 Å². The summed E-state index contributed by atoms with van der Waals surface area (Å²) >= 11 is 5.73. The summed E-state index contributed by atoms with van der Waals surface area (Å²) in [5, 5.41) is 14.9. The second-order valence-electron chi connectivity index (χ2n) is 4.54. The Labute approximate surface area is 125 Å². The number of nitro benzene ring substituents is 1. The van der Waals surface area contributed by atoms with E-state index in [-0.39, 0.29) is 16.3 Å². The number of hydrogen-bond donors (Lipinski definition) is 0. The molecule has 0 radical (unpaired) electrons. The van der Waals surface area contributed by atoms with Gasteiger partial charge in [0, 0.05) is 23.4 Å². The second kappa shape index (κ2) is 5.88. The molecule has 6 nitrogen and oxygen atoms in total. The van der Waals surface area contributed by atoms with Gasteiger partial charge in [0.2, 0.25) is 0 Å². The van der Waals surface area contributed by atoms with Gasteiger partial charge in [0.15, 0.2) is 0 Å². The maximum absolute atomic E-state index is 11.8. The summed E-state index contributed by atoms with van der Waals surface area (Å²) in [6, 6.07) is 7.61. The molecule has 0 bridgehead atoms. The molecule has 0 amide bonds. The van der Waals surface area contributed by atoms with Crippen LogP contribution in [-0.4, -0.2) is 15.8 Å². The smallest absolute Gasteiger partial charge is 0.267 e. The van der Waals surface area contributed by atoms with Gasteiger partial charge in [-0.2, -0.15) is 5.10 Å². The molecule has 2 aromatic rings. The number of pyridine rings is 1. The molecule has 0 spiro atoms. The molecule has 0 atom stereocenters. The molecule has 0 saturated carbocycles.